The maximum atomic E-state index is 14.1. The molecule has 2 aromatic carbocycles. The van der Waals surface area contributed by atoms with Crippen molar-refractivity contribution in [1.29, 1.82) is 0 Å². The summed E-state index contributed by atoms with van der Waals surface area (Å²) in [5.74, 6) is -6.19. The summed E-state index contributed by atoms with van der Waals surface area (Å²) >= 11 is 0. The SMILES string of the molecule is Cc1cc(C)cc(-c2ccc(O)c3c2C[C@@]2(N)C[C@H]4[C@H](N(C)C)C(N=O)=C(C(N)=O)C(=O)[C@@]4(O)C(=O)C2=C3O)c1. The van der Waals surface area contributed by atoms with Crippen molar-refractivity contribution in [3.8, 4) is 16.9 Å². The largest absolute Gasteiger partial charge is 0.507 e. The summed E-state index contributed by atoms with van der Waals surface area (Å²) in [7, 11) is 3.07. The van der Waals surface area contributed by atoms with E-state index in [1.165, 1.54) is 25.1 Å². The summed E-state index contributed by atoms with van der Waals surface area (Å²) in [4.78, 5) is 53.2. The number of aryl methyl sites for hydroxylation is 2. The van der Waals surface area contributed by atoms with E-state index < -0.39 is 63.2 Å². The van der Waals surface area contributed by atoms with Crippen LogP contribution in [0.2, 0.25) is 0 Å². The zero-order valence-corrected chi connectivity index (χ0v) is 22.5. The first-order chi connectivity index (χ1) is 18.7. The molecule has 0 saturated heterocycles. The first kappa shape index (κ1) is 27.4. The number of phenolic OH excluding ortho intramolecular Hbond substituents is 1. The van der Waals surface area contributed by atoms with E-state index in [2.05, 4.69) is 5.18 Å². The highest BCUT2D eigenvalue weighted by Gasteiger charge is 2.67. The molecule has 7 N–H and O–H groups in total. The quantitative estimate of drug-likeness (QED) is 0.214. The number of ketones is 2. The van der Waals surface area contributed by atoms with Crippen LogP contribution in [-0.4, -0.2) is 69.0 Å². The molecule has 11 nitrogen and oxygen atoms in total. The van der Waals surface area contributed by atoms with E-state index in [1.807, 2.05) is 32.0 Å². The number of nitroso groups, excluding NO2 is 1. The number of benzene rings is 2. The molecule has 5 rings (SSSR count). The molecule has 2 aromatic rings. The molecule has 208 valence electrons. The Morgan fingerprint density at radius 3 is 2.25 bits per heavy atom. The van der Waals surface area contributed by atoms with Gasteiger partial charge in [-0.15, -0.1) is 4.91 Å². The molecule has 40 heavy (non-hydrogen) atoms. The van der Waals surface area contributed by atoms with Gasteiger partial charge in [-0.3, -0.25) is 14.4 Å². The molecule has 0 unspecified atom stereocenters. The van der Waals surface area contributed by atoms with Crippen LogP contribution in [0.4, 0.5) is 0 Å². The van der Waals surface area contributed by atoms with Gasteiger partial charge in [0.2, 0.25) is 11.6 Å². The minimum atomic E-state index is -2.86. The molecule has 0 aromatic heterocycles. The minimum absolute atomic E-state index is 0.0310. The first-order valence-corrected chi connectivity index (χ1v) is 12.7. The maximum absolute atomic E-state index is 14.1. The van der Waals surface area contributed by atoms with Crippen LogP contribution in [0.25, 0.3) is 16.9 Å². The number of phenols is 1. The fraction of sp³-hybridized carbons (Fsp3) is 0.345. The van der Waals surface area contributed by atoms with Crippen LogP contribution in [0.15, 0.2) is 52.4 Å². The van der Waals surface area contributed by atoms with E-state index in [0.29, 0.717) is 11.1 Å². The number of likely N-dealkylation sites (N-methyl/N-ethyl adjacent to an activating group) is 1. The molecule has 1 fully saturated rings. The Morgan fingerprint density at radius 1 is 1.07 bits per heavy atom. The fourth-order valence-electron chi connectivity index (χ4n) is 6.85. The Balaban J connectivity index is 1.79. The van der Waals surface area contributed by atoms with Gasteiger partial charge in [0.1, 0.15) is 22.8 Å². The second-order valence-corrected chi connectivity index (χ2v) is 11.3. The Morgan fingerprint density at radius 2 is 1.70 bits per heavy atom. The molecule has 0 heterocycles. The molecule has 0 radical (unpaired) electrons. The number of aliphatic hydroxyl groups is 2. The van der Waals surface area contributed by atoms with E-state index in [0.717, 1.165) is 16.7 Å². The first-order valence-electron chi connectivity index (χ1n) is 12.7. The van der Waals surface area contributed by atoms with Crippen LogP contribution >= 0.6 is 0 Å². The highest BCUT2D eigenvalue weighted by atomic mass is 16.3. The smallest absolute Gasteiger partial charge is 0.254 e. The van der Waals surface area contributed by atoms with Crippen molar-refractivity contribution in [3.05, 3.63) is 74.3 Å². The number of Topliss-reactive ketones (excluding diaryl/α,β-unsaturated/α-hetero) is 2. The Labute approximate surface area is 229 Å². The standard InChI is InChI=1S/C29H30N4O7/c1-12-7-13(2)9-14(8-12)15-5-6-18(34)19-16(15)10-28(31)11-17-23(33(3)4)22(32-40)20(27(30)38)25(36)29(17,39)26(37)21(28)24(19)35/h5-9,17,23,34-35,39H,10-11,31H2,1-4H3,(H2,30,38)/t17-,23-,28+,29+/m0/s1. The lowest BCUT2D eigenvalue weighted by Gasteiger charge is -2.53. The summed E-state index contributed by atoms with van der Waals surface area (Å²) < 4.78 is 0. The molecule has 3 aliphatic rings. The number of hydrogen-bond acceptors (Lipinski definition) is 10. The van der Waals surface area contributed by atoms with Crippen molar-refractivity contribution in [2.75, 3.05) is 14.1 Å². The Kier molecular flexibility index (Phi) is 6.10. The molecular weight excluding hydrogens is 516 g/mol. The van der Waals surface area contributed by atoms with E-state index in [-0.39, 0.29) is 24.2 Å². The lowest BCUT2D eigenvalue weighted by Crippen LogP contribution is -2.71. The van der Waals surface area contributed by atoms with Crippen molar-refractivity contribution in [1.82, 2.24) is 4.90 Å². The molecule has 3 aliphatic carbocycles. The van der Waals surface area contributed by atoms with Crippen molar-refractivity contribution >= 4 is 23.2 Å². The third-order valence-corrected chi connectivity index (χ3v) is 8.37. The van der Waals surface area contributed by atoms with Gasteiger partial charge in [0, 0.05) is 5.92 Å². The monoisotopic (exact) mass is 546 g/mol. The fourth-order valence-corrected chi connectivity index (χ4v) is 6.85. The van der Waals surface area contributed by atoms with Gasteiger partial charge in [0.25, 0.3) is 5.91 Å². The maximum Gasteiger partial charge on any atom is 0.254 e. The van der Waals surface area contributed by atoms with Crippen LogP contribution in [0.3, 0.4) is 0 Å². The van der Waals surface area contributed by atoms with Crippen LogP contribution < -0.4 is 11.5 Å². The third-order valence-electron chi connectivity index (χ3n) is 8.37. The minimum Gasteiger partial charge on any atom is -0.507 e. The highest BCUT2D eigenvalue weighted by Crippen LogP contribution is 2.54. The number of fused-ring (bicyclic) bond motifs is 3. The van der Waals surface area contributed by atoms with Crippen LogP contribution in [0.5, 0.6) is 5.75 Å². The van der Waals surface area contributed by atoms with Gasteiger partial charge < -0.3 is 31.7 Å². The average molecular weight is 547 g/mol. The second kappa shape index (κ2) is 8.91. The number of hydrogen-bond donors (Lipinski definition) is 5. The predicted octanol–water partition coefficient (Wildman–Crippen LogP) is 1.54. The summed E-state index contributed by atoms with van der Waals surface area (Å²) in [6.07, 6.45) is -0.281. The summed E-state index contributed by atoms with van der Waals surface area (Å²) in [6.45, 7) is 3.88. The van der Waals surface area contributed by atoms with E-state index in [1.54, 1.807) is 6.07 Å². The molecule has 1 amide bonds. The molecule has 0 aliphatic heterocycles. The zero-order chi connectivity index (χ0) is 29.5. The van der Waals surface area contributed by atoms with Gasteiger partial charge in [0.05, 0.1) is 22.7 Å². The number of primary amides is 1. The van der Waals surface area contributed by atoms with Crippen molar-refractivity contribution in [2.24, 2.45) is 22.6 Å². The third kappa shape index (κ3) is 3.58. The van der Waals surface area contributed by atoms with Gasteiger partial charge in [0.15, 0.2) is 5.60 Å². The summed E-state index contributed by atoms with van der Waals surface area (Å²) in [5, 5.41) is 37.0. The second-order valence-electron chi connectivity index (χ2n) is 11.3. The number of carbonyl (C=O) groups is 3. The van der Waals surface area contributed by atoms with Crippen LogP contribution in [0.1, 0.15) is 28.7 Å². The molecule has 11 heteroatoms. The lowest BCUT2D eigenvalue weighted by atomic mass is 9.54. The molecule has 4 atom stereocenters. The summed E-state index contributed by atoms with van der Waals surface area (Å²) in [6, 6.07) is 7.83. The van der Waals surface area contributed by atoms with Crippen LogP contribution in [0, 0.1) is 24.7 Å². The predicted molar refractivity (Wildman–Crippen MR) is 146 cm³/mol. The van der Waals surface area contributed by atoms with Crippen molar-refractivity contribution in [3.63, 3.8) is 0 Å². The van der Waals surface area contributed by atoms with Crippen LogP contribution in [-0.2, 0) is 20.8 Å². The molecular formula is C29H30N4O7. The van der Waals surface area contributed by atoms with Gasteiger partial charge in [-0.05, 0) is 68.7 Å². The van der Waals surface area contributed by atoms with E-state index in [9.17, 15) is 34.6 Å². The number of rotatable bonds is 4. The van der Waals surface area contributed by atoms with Gasteiger partial charge in [-0.1, -0.05) is 35.4 Å². The molecule has 0 bridgehead atoms. The van der Waals surface area contributed by atoms with Gasteiger partial charge >= 0.3 is 0 Å². The zero-order valence-electron chi connectivity index (χ0n) is 22.5. The topological polar surface area (TPSA) is 197 Å². The summed E-state index contributed by atoms with van der Waals surface area (Å²) in [5.41, 5.74) is 9.94. The number of nitrogens with zero attached hydrogens (tertiary/aromatic N) is 2. The van der Waals surface area contributed by atoms with E-state index >= 15 is 0 Å². The van der Waals surface area contributed by atoms with Gasteiger partial charge in [-0.25, -0.2) is 0 Å². The van der Waals surface area contributed by atoms with Crippen molar-refractivity contribution in [2.45, 2.75) is 43.9 Å². The molecule has 0 spiro atoms. The Hall–Kier alpha value is -4.19. The average Bonchev–Trinajstić information content (AvgIpc) is 2.84. The highest BCUT2D eigenvalue weighted by molar-refractivity contribution is 6.33. The normalized spacial score (nSPS) is 27.9. The van der Waals surface area contributed by atoms with E-state index in [4.69, 9.17) is 11.5 Å². The van der Waals surface area contributed by atoms with Gasteiger partial charge in [-0.2, -0.15) is 0 Å². The van der Waals surface area contributed by atoms with Crippen molar-refractivity contribution < 1.29 is 29.7 Å². The molecule has 1 saturated carbocycles. The number of aliphatic hydroxyl groups excluding tert-OH is 1. The number of nitrogens with two attached hydrogens (primary N) is 2. The number of aromatic hydroxyl groups is 1. The lowest BCUT2D eigenvalue weighted by molar-refractivity contribution is -0.161. The number of amides is 1. The Bertz CT molecular complexity index is 1590. The number of carbonyl (C=O) groups excluding carboxylic acids is 3.